The lowest BCUT2D eigenvalue weighted by Crippen LogP contribution is -2.28. The van der Waals surface area contributed by atoms with Crippen LogP contribution >= 0.6 is 0 Å². The molecule has 1 unspecified atom stereocenters. The number of hydrogen-bond donors (Lipinski definition) is 0. The van der Waals surface area contributed by atoms with Crippen LogP contribution in [-0.4, -0.2) is 22.9 Å². The second-order valence-corrected chi connectivity index (χ2v) is 6.04. The molecule has 4 heteroatoms. The van der Waals surface area contributed by atoms with Crippen molar-refractivity contribution in [3.05, 3.63) is 23.3 Å². The van der Waals surface area contributed by atoms with E-state index in [0.29, 0.717) is 17.8 Å². The van der Waals surface area contributed by atoms with Crippen molar-refractivity contribution in [3.63, 3.8) is 0 Å². The lowest BCUT2D eigenvalue weighted by atomic mass is 9.76. The minimum absolute atomic E-state index is 0.0109. The maximum atomic E-state index is 12.1. The van der Waals surface area contributed by atoms with Gasteiger partial charge in [0.2, 0.25) is 0 Å². The van der Waals surface area contributed by atoms with E-state index in [1.54, 1.807) is 13.3 Å². The third kappa shape index (κ3) is 3.00. The van der Waals surface area contributed by atoms with Crippen LogP contribution in [0.4, 0.5) is 0 Å². The van der Waals surface area contributed by atoms with E-state index in [-0.39, 0.29) is 17.3 Å². The van der Waals surface area contributed by atoms with E-state index < -0.39 is 0 Å². The minimum atomic E-state index is -0.0737. The smallest absolute Gasteiger partial charge is 0.166 e. The molecule has 0 saturated carbocycles. The molecule has 4 nitrogen and oxygen atoms in total. The number of carbonyl (C=O) groups is 1. The van der Waals surface area contributed by atoms with Crippen molar-refractivity contribution in [2.75, 3.05) is 7.11 Å². The number of rotatable bonds is 4. The molecule has 1 heterocycles. The largest absolute Gasteiger partial charge is 0.373 e. The maximum absolute atomic E-state index is 12.1. The molecule has 0 aliphatic heterocycles. The van der Waals surface area contributed by atoms with Crippen LogP contribution in [0.25, 0.3) is 0 Å². The number of nitrogens with zero attached hydrogens (tertiary/aromatic N) is 2. The predicted molar refractivity (Wildman–Crippen MR) is 73.1 cm³/mol. The fourth-order valence-electron chi connectivity index (χ4n) is 2.62. The van der Waals surface area contributed by atoms with E-state index in [4.69, 9.17) is 4.74 Å². The monoisotopic (exact) mass is 262 g/mol. The number of carbonyl (C=O) groups excluding carboxylic acids is 1. The van der Waals surface area contributed by atoms with Crippen LogP contribution in [0, 0.1) is 5.41 Å². The summed E-state index contributed by atoms with van der Waals surface area (Å²) in [5, 5.41) is 0. The summed E-state index contributed by atoms with van der Waals surface area (Å²) in [7, 11) is 1.68. The number of methoxy groups -OCH3 is 1. The summed E-state index contributed by atoms with van der Waals surface area (Å²) in [6, 6.07) is 0. The third-order valence-corrected chi connectivity index (χ3v) is 3.60. The summed E-state index contributed by atoms with van der Waals surface area (Å²) in [5.41, 5.74) is 1.56. The number of aromatic nitrogens is 2. The van der Waals surface area contributed by atoms with E-state index in [1.165, 1.54) is 0 Å². The van der Waals surface area contributed by atoms with Crippen LogP contribution in [-0.2, 0) is 11.2 Å². The Morgan fingerprint density at radius 3 is 2.79 bits per heavy atom. The molecule has 0 fully saturated rings. The molecular weight excluding hydrogens is 240 g/mol. The fraction of sp³-hybridized carbons (Fsp3) is 0.667. The number of ether oxygens (including phenoxy) is 1. The molecule has 19 heavy (non-hydrogen) atoms. The summed E-state index contributed by atoms with van der Waals surface area (Å²) in [5.74, 6) is 0.857. The highest BCUT2D eigenvalue weighted by molar-refractivity contribution is 5.98. The Labute approximate surface area is 114 Å². The molecule has 0 amide bonds. The average Bonchev–Trinajstić information content (AvgIpc) is 2.33. The number of hydrogen-bond acceptors (Lipinski definition) is 4. The molecule has 1 aliphatic carbocycles. The highest BCUT2D eigenvalue weighted by Gasteiger charge is 2.32. The predicted octanol–water partition coefficient (Wildman–Crippen LogP) is 3.12. The average molecular weight is 262 g/mol. The number of fused-ring (bicyclic) bond motifs is 1. The maximum Gasteiger partial charge on any atom is 0.166 e. The Kier molecular flexibility index (Phi) is 3.99. The van der Waals surface area contributed by atoms with Crippen LogP contribution in [0.15, 0.2) is 6.20 Å². The van der Waals surface area contributed by atoms with Gasteiger partial charge in [-0.15, -0.1) is 0 Å². The Bertz CT molecular complexity index is 483. The van der Waals surface area contributed by atoms with Gasteiger partial charge in [-0.25, -0.2) is 9.97 Å². The zero-order chi connectivity index (χ0) is 14.0. The van der Waals surface area contributed by atoms with Crippen molar-refractivity contribution >= 4 is 5.78 Å². The van der Waals surface area contributed by atoms with Crippen molar-refractivity contribution in [1.29, 1.82) is 0 Å². The molecule has 0 radical (unpaired) electrons. The molecule has 1 aliphatic rings. The molecule has 0 aromatic carbocycles. The van der Waals surface area contributed by atoms with Gasteiger partial charge in [0.1, 0.15) is 6.10 Å². The first kappa shape index (κ1) is 14.1. The van der Waals surface area contributed by atoms with Crippen molar-refractivity contribution in [2.45, 2.75) is 52.6 Å². The van der Waals surface area contributed by atoms with E-state index in [2.05, 4.69) is 30.7 Å². The van der Waals surface area contributed by atoms with Gasteiger partial charge in [0.25, 0.3) is 0 Å². The molecule has 0 saturated heterocycles. The van der Waals surface area contributed by atoms with E-state index >= 15 is 0 Å². The molecule has 104 valence electrons. The zero-order valence-electron chi connectivity index (χ0n) is 12.2. The second-order valence-electron chi connectivity index (χ2n) is 6.04. The van der Waals surface area contributed by atoms with Gasteiger partial charge in [0.05, 0.1) is 11.3 Å². The van der Waals surface area contributed by atoms with E-state index in [0.717, 1.165) is 25.0 Å². The lowest BCUT2D eigenvalue weighted by molar-refractivity contribution is 0.0852. The summed E-state index contributed by atoms with van der Waals surface area (Å²) < 4.78 is 5.44. The minimum Gasteiger partial charge on any atom is -0.373 e. The molecular formula is C15H22N2O2. The first-order valence-corrected chi connectivity index (χ1v) is 6.88. The molecule has 1 aromatic rings. The van der Waals surface area contributed by atoms with Crippen LogP contribution in [0.1, 0.15) is 68.0 Å². The van der Waals surface area contributed by atoms with Gasteiger partial charge in [0, 0.05) is 19.7 Å². The number of ketones is 1. The number of Topliss-reactive ketones (excluding diaryl/α,β-unsaturated/α-hetero) is 1. The van der Waals surface area contributed by atoms with Gasteiger partial charge >= 0.3 is 0 Å². The van der Waals surface area contributed by atoms with Crippen molar-refractivity contribution < 1.29 is 9.53 Å². The third-order valence-electron chi connectivity index (χ3n) is 3.60. The highest BCUT2D eigenvalue weighted by Crippen LogP contribution is 2.34. The molecule has 0 N–H and O–H groups in total. The second kappa shape index (κ2) is 5.37. The summed E-state index contributed by atoms with van der Waals surface area (Å²) in [6.07, 6.45) is 4.92. The first-order chi connectivity index (χ1) is 8.96. The molecule has 1 atom stereocenters. The molecule has 1 aromatic heterocycles. The summed E-state index contributed by atoms with van der Waals surface area (Å²) in [4.78, 5) is 21.0. The molecule has 0 bridgehead atoms. The Morgan fingerprint density at radius 2 is 2.16 bits per heavy atom. The summed E-state index contributed by atoms with van der Waals surface area (Å²) in [6.45, 7) is 6.32. The lowest BCUT2D eigenvalue weighted by Gasteiger charge is -2.29. The zero-order valence-corrected chi connectivity index (χ0v) is 12.2. The van der Waals surface area contributed by atoms with Gasteiger partial charge < -0.3 is 4.74 Å². The van der Waals surface area contributed by atoms with Gasteiger partial charge in [-0.05, 0) is 18.3 Å². The Morgan fingerprint density at radius 1 is 1.42 bits per heavy atom. The SMILES string of the molecule is CCCC(OC)c1ncc2c(n1)CC(C)(C)CC2=O. The van der Waals surface area contributed by atoms with Crippen LogP contribution < -0.4 is 0 Å². The van der Waals surface area contributed by atoms with Crippen LogP contribution in [0.2, 0.25) is 0 Å². The topological polar surface area (TPSA) is 52.1 Å². The van der Waals surface area contributed by atoms with Gasteiger partial charge in [-0.2, -0.15) is 0 Å². The van der Waals surface area contributed by atoms with Gasteiger partial charge in [-0.3, -0.25) is 4.79 Å². The van der Waals surface area contributed by atoms with Crippen LogP contribution in [0.3, 0.4) is 0 Å². The normalized spacial score (nSPS) is 19.1. The van der Waals surface area contributed by atoms with Crippen molar-refractivity contribution in [1.82, 2.24) is 9.97 Å². The van der Waals surface area contributed by atoms with E-state index in [9.17, 15) is 4.79 Å². The summed E-state index contributed by atoms with van der Waals surface area (Å²) >= 11 is 0. The first-order valence-electron chi connectivity index (χ1n) is 6.88. The molecule has 2 rings (SSSR count). The van der Waals surface area contributed by atoms with Gasteiger partial charge in [-0.1, -0.05) is 27.2 Å². The Hall–Kier alpha value is -1.29. The Balaban J connectivity index is 2.35. The molecule has 0 spiro atoms. The van der Waals surface area contributed by atoms with Crippen LogP contribution in [0.5, 0.6) is 0 Å². The van der Waals surface area contributed by atoms with Gasteiger partial charge in [0.15, 0.2) is 11.6 Å². The fourth-order valence-corrected chi connectivity index (χ4v) is 2.62. The van der Waals surface area contributed by atoms with Crippen molar-refractivity contribution in [2.24, 2.45) is 5.41 Å². The van der Waals surface area contributed by atoms with E-state index in [1.807, 2.05) is 0 Å². The standard InChI is InChI=1S/C15H22N2O2/c1-5-6-13(19-4)14-16-9-10-11(17-14)7-15(2,3)8-12(10)18/h9,13H,5-8H2,1-4H3. The van der Waals surface area contributed by atoms with Crippen molar-refractivity contribution in [3.8, 4) is 0 Å². The highest BCUT2D eigenvalue weighted by atomic mass is 16.5. The quantitative estimate of drug-likeness (QED) is 0.836.